The SMILES string of the molecule is CN(CCc1ccccc1Br)C1CCNC1. The fraction of sp³-hybridized carbons (Fsp3) is 0.538. The van der Waals surface area contributed by atoms with Crippen LogP contribution in [0.25, 0.3) is 0 Å². The molecule has 0 bridgehead atoms. The first kappa shape index (κ1) is 12.1. The van der Waals surface area contributed by atoms with Crippen molar-refractivity contribution >= 4 is 15.9 Å². The first-order valence-corrected chi connectivity index (χ1v) is 6.71. The van der Waals surface area contributed by atoms with Gasteiger partial charge >= 0.3 is 0 Å². The summed E-state index contributed by atoms with van der Waals surface area (Å²) < 4.78 is 1.23. The van der Waals surface area contributed by atoms with Gasteiger partial charge in [-0.3, -0.25) is 0 Å². The maximum Gasteiger partial charge on any atom is 0.0229 e. The Bertz CT molecular complexity index is 334. The Morgan fingerprint density at radius 3 is 2.94 bits per heavy atom. The van der Waals surface area contributed by atoms with Crippen LogP contribution in [-0.2, 0) is 6.42 Å². The average molecular weight is 283 g/mol. The van der Waals surface area contributed by atoms with Crippen LogP contribution in [0.2, 0.25) is 0 Å². The van der Waals surface area contributed by atoms with Crippen LogP contribution in [0.5, 0.6) is 0 Å². The molecule has 0 radical (unpaired) electrons. The maximum absolute atomic E-state index is 3.60. The van der Waals surface area contributed by atoms with E-state index in [1.165, 1.54) is 23.0 Å². The van der Waals surface area contributed by atoms with Crippen LogP contribution in [0.15, 0.2) is 28.7 Å². The molecule has 1 aromatic carbocycles. The number of halogens is 1. The van der Waals surface area contributed by atoms with Gasteiger partial charge in [0.15, 0.2) is 0 Å². The molecule has 1 atom stereocenters. The predicted octanol–water partition coefficient (Wildman–Crippen LogP) is 2.29. The number of hydrogen-bond donors (Lipinski definition) is 1. The molecule has 0 aromatic heterocycles. The Labute approximate surface area is 106 Å². The summed E-state index contributed by atoms with van der Waals surface area (Å²) in [6.07, 6.45) is 2.40. The largest absolute Gasteiger partial charge is 0.315 e. The third-order valence-electron chi connectivity index (χ3n) is 3.35. The van der Waals surface area contributed by atoms with E-state index in [9.17, 15) is 0 Å². The summed E-state index contributed by atoms with van der Waals surface area (Å²) in [6, 6.07) is 9.22. The van der Waals surface area contributed by atoms with Gasteiger partial charge in [0.1, 0.15) is 0 Å². The van der Waals surface area contributed by atoms with Gasteiger partial charge in [-0.2, -0.15) is 0 Å². The van der Waals surface area contributed by atoms with Crippen LogP contribution in [-0.4, -0.2) is 37.6 Å². The van der Waals surface area contributed by atoms with Crippen molar-refractivity contribution in [3.63, 3.8) is 0 Å². The van der Waals surface area contributed by atoms with Crippen LogP contribution in [0.4, 0.5) is 0 Å². The molecule has 3 heteroatoms. The summed E-state index contributed by atoms with van der Waals surface area (Å²) in [5.74, 6) is 0. The van der Waals surface area contributed by atoms with Crippen molar-refractivity contribution in [2.24, 2.45) is 0 Å². The molecule has 88 valence electrons. The maximum atomic E-state index is 3.60. The number of hydrogen-bond acceptors (Lipinski definition) is 2. The lowest BCUT2D eigenvalue weighted by atomic mass is 10.1. The minimum absolute atomic E-state index is 0.725. The van der Waals surface area contributed by atoms with Crippen LogP contribution in [0.3, 0.4) is 0 Å². The van der Waals surface area contributed by atoms with Crippen molar-refractivity contribution in [1.29, 1.82) is 0 Å². The van der Waals surface area contributed by atoms with Crippen molar-refractivity contribution in [3.05, 3.63) is 34.3 Å². The van der Waals surface area contributed by atoms with E-state index in [1.807, 2.05) is 0 Å². The second kappa shape index (κ2) is 5.80. The summed E-state index contributed by atoms with van der Waals surface area (Å²) in [6.45, 7) is 3.45. The molecule has 16 heavy (non-hydrogen) atoms. The lowest BCUT2D eigenvalue weighted by Crippen LogP contribution is -2.34. The summed E-state index contributed by atoms with van der Waals surface area (Å²) >= 11 is 3.60. The molecule has 1 heterocycles. The number of rotatable bonds is 4. The van der Waals surface area contributed by atoms with Gasteiger partial charge in [-0.15, -0.1) is 0 Å². The van der Waals surface area contributed by atoms with Crippen LogP contribution in [0, 0.1) is 0 Å². The molecule has 2 rings (SSSR count). The minimum Gasteiger partial charge on any atom is -0.315 e. The Morgan fingerprint density at radius 1 is 1.44 bits per heavy atom. The highest BCUT2D eigenvalue weighted by atomic mass is 79.9. The summed E-state index contributed by atoms with van der Waals surface area (Å²) in [7, 11) is 2.23. The second-order valence-corrected chi connectivity index (χ2v) is 5.32. The third-order valence-corrected chi connectivity index (χ3v) is 4.12. The monoisotopic (exact) mass is 282 g/mol. The molecule has 1 N–H and O–H groups in total. The highest BCUT2D eigenvalue weighted by molar-refractivity contribution is 9.10. The molecule has 1 fully saturated rings. The summed E-state index contributed by atoms with van der Waals surface area (Å²) in [5, 5.41) is 3.41. The number of nitrogens with zero attached hydrogens (tertiary/aromatic N) is 1. The van der Waals surface area contributed by atoms with E-state index in [4.69, 9.17) is 0 Å². The zero-order valence-corrected chi connectivity index (χ0v) is 11.3. The van der Waals surface area contributed by atoms with Crippen LogP contribution in [0.1, 0.15) is 12.0 Å². The Kier molecular flexibility index (Phi) is 4.38. The Balaban J connectivity index is 1.84. The van der Waals surface area contributed by atoms with Gasteiger partial charge in [0.25, 0.3) is 0 Å². The fourth-order valence-corrected chi connectivity index (χ4v) is 2.68. The van der Waals surface area contributed by atoms with Gasteiger partial charge in [-0.25, -0.2) is 0 Å². The molecular weight excluding hydrogens is 264 g/mol. The Hall–Kier alpha value is -0.380. The van der Waals surface area contributed by atoms with Crippen molar-refractivity contribution in [3.8, 4) is 0 Å². The van der Waals surface area contributed by atoms with E-state index in [2.05, 4.69) is 57.5 Å². The van der Waals surface area contributed by atoms with Crippen molar-refractivity contribution < 1.29 is 0 Å². The van der Waals surface area contributed by atoms with Crippen LogP contribution < -0.4 is 5.32 Å². The quantitative estimate of drug-likeness (QED) is 0.912. The van der Waals surface area contributed by atoms with E-state index in [-0.39, 0.29) is 0 Å². The topological polar surface area (TPSA) is 15.3 Å². The standard InChI is InChI=1S/C13H19BrN2/c1-16(12-6-8-15-10-12)9-7-11-4-2-3-5-13(11)14/h2-5,12,15H,6-10H2,1H3. The van der Waals surface area contributed by atoms with Crippen molar-refractivity contribution in [1.82, 2.24) is 10.2 Å². The molecular formula is C13H19BrN2. The number of nitrogens with one attached hydrogen (secondary N) is 1. The van der Waals surface area contributed by atoms with Gasteiger partial charge in [0, 0.05) is 23.6 Å². The molecule has 1 aliphatic rings. The first-order chi connectivity index (χ1) is 7.77. The van der Waals surface area contributed by atoms with E-state index >= 15 is 0 Å². The summed E-state index contributed by atoms with van der Waals surface area (Å²) in [5.41, 5.74) is 1.40. The normalized spacial score (nSPS) is 20.6. The average Bonchev–Trinajstić information content (AvgIpc) is 2.81. The molecule has 0 saturated carbocycles. The molecule has 1 unspecified atom stereocenters. The lowest BCUT2D eigenvalue weighted by Gasteiger charge is -2.23. The van der Waals surface area contributed by atoms with Gasteiger partial charge < -0.3 is 10.2 Å². The smallest absolute Gasteiger partial charge is 0.0229 e. The van der Waals surface area contributed by atoms with Crippen molar-refractivity contribution in [2.75, 3.05) is 26.7 Å². The number of likely N-dealkylation sites (N-methyl/N-ethyl adjacent to an activating group) is 1. The van der Waals surface area contributed by atoms with E-state index in [0.29, 0.717) is 0 Å². The fourth-order valence-electron chi connectivity index (χ4n) is 2.20. The first-order valence-electron chi connectivity index (χ1n) is 5.92. The zero-order valence-electron chi connectivity index (χ0n) is 9.75. The van der Waals surface area contributed by atoms with Gasteiger partial charge in [0.2, 0.25) is 0 Å². The van der Waals surface area contributed by atoms with E-state index in [0.717, 1.165) is 25.6 Å². The number of benzene rings is 1. The van der Waals surface area contributed by atoms with Crippen molar-refractivity contribution in [2.45, 2.75) is 18.9 Å². The highest BCUT2D eigenvalue weighted by Crippen LogP contribution is 2.17. The van der Waals surface area contributed by atoms with E-state index < -0.39 is 0 Å². The Morgan fingerprint density at radius 2 is 2.25 bits per heavy atom. The lowest BCUT2D eigenvalue weighted by molar-refractivity contribution is 0.260. The highest BCUT2D eigenvalue weighted by Gasteiger charge is 2.18. The van der Waals surface area contributed by atoms with E-state index in [1.54, 1.807) is 0 Å². The molecule has 1 saturated heterocycles. The third kappa shape index (κ3) is 3.06. The van der Waals surface area contributed by atoms with Crippen LogP contribution >= 0.6 is 15.9 Å². The molecule has 0 amide bonds. The van der Waals surface area contributed by atoms with Gasteiger partial charge in [-0.1, -0.05) is 34.1 Å². The zero-order chi connectivity index (χ0) is 11.4. The molecule has 1 aliphatic heterocycles. The minimum atomic E-state index is 0.725. The summed E-state index contributed by atoms with van der Waals surface area (Å²) in [4.78, 5) is 2.47. The molecule has 0 spiro atoms. The molecule has 2 nitrogen and oxygen atoms in total. The second-order valence-electron chi connectivity index (χ2n) is 4.47. The predicted molar refractivity (Wildman–Crippen MR) is 71.8 cm³/mol. The van der Waals surface area contributed by atoms with Gasteiger partial charge in [0.05, 0.1) is 0 Å². The van der Waals surface area contributed by atoms with Gasteiger partial charge in [-0.05, 0) is 38.1 Å². The molecule has 1 aromatic rings. The molecule has 0 aliphatic carbocycles.